The van der Waals surface area contributed by atoms with Crippen LogP contribution in [-0.4, -0.2) is 18.5 Å². The molecule has 0 fully saturated rings. The van der Waals surface area contributed by atoms with Gasteiger partial charge in [0.25, 0.3) is 5.91 Å². The van der Waals surface area contributed by atoms with E-state index in [-0.39, 0.29) is 0 Å². The van der Waals surface area contributed by atoms with Crippen LogP contribution in [0.2, 0.25) is 0 Å². The summed E-state index contributed by atoms with van der Waals surface area (Å²) >= 11 is 3.25. The van der Waals surface area contributed by atoms with Gasteiger partial charge in [0.2, 0.25) is 0 Å². The lowest BCUT2D eigenvalue weighted by Gasteiger charge is -2.06. The second kappa shape index (κ2) is 6.99. The summed E-state index contributed by atoms with van der Waals surface area (Å²) < 4.78 is 18.7. The Morgan fingerprint density at radius 2 is 1.86 bits per heavy atom. The van der Waals surface area contributed by atoms with Gasteiger partial charge in [-0.05, 0) is 42.5 Å². The molecule has 1 N–H and O–H groups in total. The molecule has 21 heavy (non-hydrogen) atoms. The van der Waals surface area contributed by atoms with E-state index in [0.29, 0.717) is 11.3 Å². The molecule has 0 saturated carbocycles. The summed E-state index contributed by atoms with van der Waals surface area (Å²) in [5.41, 5.74) is 0.649. The Labute approximate surface area is 129 Å². The van der Waals surface area contributed by atoms with Crippen LogP contribution in [0.5, 0.6) is 0 Å². The molecule has 2 aromatic rings. The van der Waals surface area contributed by atoms with E-state index < -0.39 is 24.3 Å². The van der Waals surface area contributed by atoms with Crippen molar-refractivity contribution in [3.63, 3.8) is 0 Å². The zero-order chi connectivity index (χ0) is 15.2. The number of nitrogens with one attached hydrogen (secondary N) is 1. The number of halogens is 2. The van der Waals surface area contributed by atoms with E-state index in [1.807, 2.05) is 0 Å². The summed E-state index contributed by atoms with van der Waals surface area (Å²) in [6.07, 6.45) is 0. The molecule has 0 saturated heterocycles. The number of carbonyl (C=O) groups excluding carboxylic acids is 2. The maximum atomic E-state index is 12.9. The molecular formula is C15H11BrFNO3. The first kappa shape index (κ1) is 15.2. The smallest absolute Gasteiger partial charge is 0.338 e. The van der Waals surface area contributed by atoms with Gasteiger partial charge in [-0.25, -0.2) is 9.18 Å². The van der Waals surface area contributed by atoms with Crippen LogP contribution in [0.1, 0.15) is 10.4 Å². The quantitative estimate of drug-likeness (QED) is 0.859. The first-order chi connectivity index (χ1) is 10.0. The standard InChI is InChI=1S/C15H11BrFNO3/c16-11-6-4-10(5-7-11)15(20)21-9-14(19)18-13-3-1-2-12(17)8-13/h1-8H,9H2,(H,18,19). The minimum atomic E-state index is -0.600. The van der Waals surface area contributed by atoms with E-state index in [1.165, 1.54) is 24.3 Å². The van der Waals surface area contributed by atoms with Crippen LogP contribution < -0.4 is 5.32 Å². The number of ether oxygens (including phenoxy) is 1. The van der Waals surface area contributed by atoms with Gasteiger partial charge in [0.15, 0.2) is 6.61 Å². The van der Waals surface area contributed by atoms with Crippen LogP contribution in [0.4, 0.5) is 10.1 Å². The van der Waals surface area contributed by atoms with Gasteiger partial charge in [-0.3, -0.25) is 4.79 Å². The summed E-state index contributed by atoms with van der Waals surface area (Å²) in [5, 5.41) is 2.44. The number of rotatable bonds is 4. The number of benzene rings is 2. The van der Waals surface area contributed by atoms with Gasteiger partial charge in [0.1, 0.15) is 5.82 Å². The van der Waals surface area contributed by atoms with Crippen molar-refractivity contribution < 1.29 is 18.7 Å². The lowest BCUT2D eigenvalue weighted by Crippen LogP contribution is -2.20. The molecule has 2 rings (SSSR count). The van der Waals surface area contributed by atoms with Gasteiger partial charge in [-0.15, -0.1) is 0 Å². The highest BCUT2D eigenvalue weighted by molar-refractivity contribution is 9.10. The molecule has 0 aliphatic rings. The molecule has 0 atom stereocenters. The highest BCUT2D eigenvalue weighted by Gasteiger charge is 2.10. The average molecular weight is 352 g/mol. The molecule has 4 nitrogen and oxygen atoms in total. The molecule has 0 aliphatic heterocycles. The Hall–Kier alpha value is -2.21. The number of esters is 1. The Balaban J connectivity index is 1.86. The Kier molecular flexibility index (Phi) is 5.05. The van der Waals surface area contributed by atoms with E-state index in [0.717, 1.165) is 4.47 Å². The SMILES string of the molecule is O=C(COC(=O)c1ccc(Br)cc1)Nc1cccc(F)c1. The van der Waals surface area contributed by atoms with Crippen LogP contribution in [0.25, 0.3) is 0 Å². The largest absolute Gasteiger partial charge is 0.452 e. The average Bonchev–Trinajstić information content (AvgIpc) is 2.45. The minimum Gasteiger partial charge on any atom is -0.452 e. The van der Waals surface area contributed by atoms with Crippen LogP contribution >= 0.6 is 15.9 Å². The van der Waals surface area contributed by atoms with Crippen LogP contribution in [0.15, 0.2) is 53.0 Å². The normalized spacial score (nSPS) is 10.0. The number of anilines is 1. The van der Waals surface area contributed by atoms with Crippen molar-refractivity contribution in [1.29, 1.82) is 0 Å². The van der Waals surface area contributed by atoms with E-state index in [9.17, 15) is 14.0 Å². The van der Waals surface area contributed by atoms with Crippen LogP contribution in [0, 0.1) is 5.82 Å². The fourth-order valence-electron chi connectivity index (χ4n) is 1.56. The first-order valence-corrected chi connectivity index (χ1v) is 6.82. The number of amides is 1. The summed E-state index contributed by atoms with van der Waals surface area (Å²) in [6.45, 7) is -0.439. The molecule has 0 heterocycles. The van der Waals surface area contributed by atoms with Gasteiger partial charge in [0, 0.05) is 10.2 Å². The van der Waals surface area contributed by atoms with E-state index >= 15 is 0 Å². The third kappa shape index (κ3) is 4.68. The third-order valence-corrected chi connectivity index (χ3v) is 3.05. The summed E-state index contributed by atoms with van der Waals surface area (Å²) in [5.74, 6) is -1.59. The summed E-state index contributed by atoms with van der Waals surface area (Å²) in [6, 6.07) is 12.0. The van der Waals surface area contributed by atoms with Crippen LogP contribution in [0.3, 0.4) is 0 Å². The minimum absolute atomic E-state index is 0.305. The van der Waals surface area contributed by atoms with E-state index in [2.05, 4.69) is 21.2 Å². The highest BCUT2D eigenvalue weighted by atomic mass is 79.9. The predicted molar refractivity (Wildman–Crippen MR) is 79.5 cm³/mol. The molecule has 2 aromatic carbocycles. The van der Waals surface area contributed by atoms with Gasteiger partial charge < -0.3 is 10.1 Å². The molecule has 1 amide bonds. The van der Waals surface area contributed by atoms with Crippen molar-refractivity contribution in [2.75, 3.05) is 11.9 Å². The molecule has 0 unspecified atom stereocenters. The van der Waals surface area contributed by atoms with E-state index in [4.69, 9.17) is 4.74 Å². The molecule has 0 radical (unpaired) electrons. The fourth-order valence-corrected chi connectivity index (χ4v) is 1.83. The number of carbonyl (C=O) groups is 2. The Bertz CT molecular complexity index is 658. The van der Waals surface area contributed by atoms with Gasteiger partial charge in [-0.1, -0.05) is 22.0 Å². The molecule has 108 valence electrons. The summed E-state index contributed by atoms with van der Waals surface area (Å²) in [4.78, 5) is 23.3. The molecule has 0 aromatic heterocycles. The third-order valence-electron chi connectivity index (χ3n) is 2.52. The molecule has 0 bridgehead atoms. The fraction of sp³-hybridized carbons (Fsp3) is 0.0667. The van der Waals surface area contributed by atoms with Crippen molar-refractivity contribution in [3.8, 4) is 0 Å². The van der Waals surface area contributed by atoms with Gasteiger partial charge >= 0.3 is 5.97 Å². The predicted octanol–water partition coefficient (Wildman–Crippen LogP) is 3.38. The van der Waals surface area contributed by atoms with E-state index in [1.54, 1.807) is 24.3 Å². The Morgan fingerprint density at radius 3 is 2.52 bits per heavy atom. The molecule has 0 spiro atoms. The number of hydrogen-bond acceptors (Lipinski definition) is 3. The maximum absolute atomic E-state index is 12.9. The molecular weight excluding hydrogens is 341 g/mol. The lowest BCUT2D eigenvalue weighted by molar-refractivity contribution is -0.119. The molecule has 0 aliphatic carbocycles. The maximum Gasteiger partial charge on any atom is 0.338 e. The zero-order valence-electron chi connectivity index (χ0n) is 10.8. The second-order valence-electron chi connectivity index (χ2n) is 4.14. The Morgan fingerprint density at radius 1 is 1.14 bits per heavy atom. The highest BCUT2D eigenvalue weighted by Crippen LogP contribution is 2.12. The monoisotopic (exact) mass is 351 g/mol. The zero-order valence-corrected chi connectivity index (χ0v) is 12.4. The van der Waals surface area contributed by atoms with Crippen molar-refractivity contribution >= 4 is 33.5 Å². The van der Waals surface area contributed by atoms with Crippen molar-refractivity contribution in [2.45, 2.75) is 0 Å². The van der Waals surface area contributed by atoms with Crippen molar-refractivity contribution in [2.24, 2.45) is 0 Å². The van der Waals surface area contributed by atoms with Crippen LogP contribution in [-0.2, 0) is 9.53 Å². The topological polar surface area (TPSA) is 55.4 Å². The molecule has 6 heteroatoms. The lowest BCUT2D eigenvalue weighted by atomic mass is 10.2. The number of hydrogen-bond donors (Lipinski definition) is 1. The van der Waals surface area contributed by atoms with Gasteiger partial charge in [0.05, 0.1) is 5.56 Å². The van der Waals surface area contributed by atoms with Crippen molar-refractivity contribution in [3.05, 3.63) is 64.4 Å². The second-order valence-corrected chi connectivity index (χ2v) is 5.06. The first-order valence-electron chi connectivity index (χ1n) is 6.03. The summed E-state index contributed by atoms with van der Waals surface area (Å²) in [7, 11) is 0. The van der Waals surface area contributed by atoms with Crippen molar-refractivity contribution in [1.82, 2.24) is 0 Å². The van der Waals surface area contributed by atoms with Gasteiger partial charge in [-0.2, -0.15) is 0 Å².